The van der Waals surface area contributed by atoms with Gasteiger partial charge in [-0.1, -0.05) is 13.8 Å². The molecule has 2 aliphatic heterocycles. The van der Waals surface area contributed by atoms with E-state index in [4.69, 9.17) is 5.73 Å². The number of halogens is 1. The van der Waals surface area contributed by atoms with Crippen molar-refractivity contribution in [3.8, 4) is 0 Å². The zero-order valence-electron chi connectivity index (χ0n) is 18.6. The summed E-state index contributed by atoms with van der Waals surface area (Å²) in [4.78, 5) is 53.1. The third-order valence-electron chi connectivity index (χ3n) is 6.16. The van der Waals surface area contributed by atoms with Gasteiger partial charge in [0.15, 0.2) is 0 Å². The van der Waals surface area contributed by atoms with Crippen molar-refractivity contribution < 1.29 is 23.6 Å². The minimum Gasteiger partial charge on any atom is -0.369 e. The highest BCUT2D eigenvalue weighted by Crippen LogP contribution is 2.26. The number of hydrogen-bond acceptors (Lipinski definition) is 4. The summed E-state index contributed by atoms with van der Waals surface area (Å²) < 4.78 is 13.2. The predicted octanol–water partition coefficient (Wildman–Crippen LogP) is 1.43. The minimum absolute atomic E-state index is 0.0375. The van der Waals surface area contributed by atoms with Gasteiger partial charge in [0.25, 0.3) is 0 Å². The molecule has 1 aromatic carbocycles. The molecule has 1 aromatic rings. The molecule has 3 N–H and O–H groups in total. The van der Waals surface area contributed by atoms with E-state index in [1.165, 1.54) is 29.2 Å². The van der Waals surface area contributed by atoms with E-state index < -0.39 is 17.8 Å². The largest absolute Gasteiger partial charge is 0.369 e. The predicted molar refractivity (Wildman–Crippen MR) is 117 cm³/mol. The summed E-state index contributed by atoms with van der Waals surface area (Å²) in [5.74, 6) is -2.10. The summed E-state index contributed by atoms with van der Waals surface area (Å²) in [6.07, 6.45) is 1.55. The number of primary amides is 1. The van der Waals surface area contributed by atoms with Gasteiger partial charge in [-0.25, -0.2) is 4.39 Å². The van der Waals surface area contributed by atoms with Crippen LogP contribution in [0.1, 0.15) is 39.5 Å². The van der Waals surface area contributed by atoms with Gasteiger partial charge in [0, 0.05) is 37.7 Å². The van der Waals surface area contributed by atoms with Crippen LogP contribution in [0.15, 0.2) is 24.3 Å². The van der Waals surface area contributed by atoms with Crippen molar-refractivity contribution in [2.45, 2.75) is 45.6 Å². The number of likely N-dealkylation sites (tertiary alicyclic amines) is 1. The molecule has 0 saturated carbocycles. The summed E-state index contributed by atoms with van der Waals surface area (Å²) in [5, 5.41) is 2.86. The van der Waals surface area contributed by atoms with Crippen LogP contribution in [-0.2, 0) is 19.2 Å². The van der Waals surface area contributed by atoms with Crippen LogP contribution in [0.3, 0.4) is 0 Å². The first-order valence-corrected chi connectivity index (χ1v) is 11.1. The smallest absolute Gasteiger partial charge is 0.245 e. The van der Waals surface area contributed by atoms with Gasteiger partial charge in [-0.05, 0) is 49.4 Å². The van der Waals surface area contributed by atoms with Crippen LogP contribution in [0.2, 0.25) is 0 Å². The van der Waals surface area contributed by atoms with Crippen LogP contribution in [0.4, 0.5) is 10.1 Å². The van der Waals surface area contributed by atoms with E-state index >= 15 is 0 Å². The minimum atomic E-state index is -0.692. The third-order valence-corrected chi connectivity index (χ3v) is 6.16. The molecule has 0 bridgehead atoms. The molecular weight excluding hydrogens is 415 g/mol. The van der Waals surface area contributed by atoms with Crippen LogP contribution in [0.25, 0.3) is 0 Å². The van der Waals surface area contributed by atoms with E-state index in [0.717, 1.165) is 0 Å². The van der Waals surface area contributed by atoms with Crippen LogP contribution in [0, 0.1) is 23.6 Å². The van der Waals surface area contributed by atoms with Gasteiger partial charge < -0.3 is 20.9 Å². The SMILES string of the molecule is CC(C)CC(NC(=O)C1CC(=O)N(c2ccc(F)cc2)C1)C(=O)N1CCC(C(N)=O)CC1. The molecule has 8 nitrogen and oxygen atoms in total. The second kappa shape index (κ2) is 10.1. The zero-order valence-corrected chi connectivity index (χ0v) is 18.6. The second-order valence-electron chi connectivity index (χ2n) is 9.07. The van der Waals surface area contributed by atoms with Crippen molar-refractivity contribution >= 4 is 29.3 Å². The van der Waals surface area contributed by atoms with Gasteiger partial charge in [0.05, 0.1) is 5.92 Å². The Morgan fingerprint density at radius 1 is 1.12 bits per heavy atom. The van der Waals surface area contributed by atoms with E-state index in [-0.39, 0.29) is 48.4 Å². The van der Waals surface area contributed by atoms with E-state index in [1.54, 1.807) is 4.90 Å². The molecule has 0 aromatic heterocycles. The fraction of sp³-hybridized carbons (Fsp3) is 0.565. The number of anilines is 1. The maximum atomic E-state index is 13.2. The molecule has 2 atom stereocenters. The van der Waals surface area contributed by atoms with Crippen molar-refractivity contribution in [2.75, 3.05) is 24.5 Å². The molecule has 2 fully saturated rings. The number of nitrogens with two attached hydrogens (primary N) is 1. The maximum Gasteiger partial charge on any atom is 0.245 e. The number of nitrogens with one attached hydrogen (secondary N) is 1. The molecule has 9 heteroatoms. The first kappa shape index (κ1) is 23.7. The average molecular weight is 447 g/mol. The van der Waals surface area contributed by atoms with Crippen molar-refractivity contribution in [1.82, 2.24) is 10.2 Å². The number of rotatable bonds is 7. The monoisotopic (exact) mass is 446 g/mol. The Morgan fingerprint density at radius 3 is 2.31 bits per heavy atom. The van der Waals surface area contributed by atoms with E-state index in [9.17, 15) is 23.6 Å². The summed E-state index contributed by atoms with van der Waals surface area (Å²) in [7, 11) is 0. The van der Waals surface area contributed by atoms with E-state index in [1.807, 2.05) is 13.8 Å². The van der Waals surface area contributed by atoms with Crippen LogP contribution in [0.5, 0.6) is 0 Å². The molecule has 174 valence electrons. The molecular formula is C23H31FN4O4. The van der Waals surface area contributed by atoms with Crippen molar-refractivity contribution in [1.29, 1.82) is 0 Å². The Hall–Kier alpha value is -2.97. The maximum absolute atomic E-state index is 13.2. The Balaban J connectivity index is 1.63. The number of carbonyl (C=O) groups excluding carboxylic acids is 4. The molecule has 0 radical (unpaired) electrons. The Kier molecular flexibility index (Phi) is 7.48. The van der Waals surface area contributed by atoms with Crippen molar-refractivity contribution in [3.05, 3.63) is 30.1 Å². The third kappa shape index (κ3) is 5.63. The standard InChI is InChI=1S/C23H31FN4O4/c1-14(2)11-19(23(32)27-9-7-15(8-10-27)21(25)30)26-22(31)16-12-20(29)28(13-16)18-5-3-17(24)4-6-18/h3-6,14-16,19H,7-13H2,1-2H3,(H2,25,30)(H,26,31). The fourth-order valence-corrected chi connectivity index (χ4v) is 4.34. The van der Waals surface area contributed by atoms with Crippen molar-refractivity contribution in [2.24, 2.45) is 23.5 Å². The number of hydrogen-bond donors (Lipinski definition) is 2. The first-order valence-electron chi connectivity index (χ1n) is 11.1. The van der Waals surface area contributed by atoms with Crippen LogP contribution >= 0.6 is 0 Å². The van der Waals surface area contributed by atoms with Gasteiger partial charge in [-0.2, -0.15) is 0 Å². The topological polar surface area (TPSA) is 113 Å². The molecule has 2 aliphatic rings. The van der Waals surface area contributed by atoms with Crippen molar-refractivity contribution in [3.63, 3.8) is 0 Å². The van der Waals surface area contributed by atoms with Crippen LogP contribution < -0.4 is 16.0 Å². The Bertz CT molecular complexity index is 865. The van der Waals surface area contributed by atoms with E-state index in [2.05, 4.69) is 5.32 Å². The quantitative estimate of drug-likeness (QED) is 0.660. The number of benzene rings is 1. The van der Waals surface area contributed by atoms with E-state index in [0.29, 0.717) is 38.0 Å². The molecule has 4 amide bonds. The van der Waals surface area contributed by atoms with Gasteiger partial charge in [0.1, 0.15) is 11.9 Å². The lowest BCUT2D eigenvalue weighted by atomic mass is 9.94. The van der Waals surface area contributed by atoms with Gasteiger partial charge in [-0.15, -0.1) is 0 Å². The molecule has 2 unspecified atom stereocenters. The average Bonchev–Trinajstić information content (AvgIpc) is 3.14. The summed E-state index contributed by atoms with van der Waals surface area (Å²) in [5.41, 5.74) is 5.91. The Labute approximate surface area is 187 Å². The number of amides is 4. The highest BCUT2D eigenvalue weighted by molar-refractivity contribution is 6.01. The normalized spacial score (nSPS) is 20.5. The molecule has 2 heterocycles. The summed E-state index contributed by atoms with van der Waals surface area (Å²) in [6.45, 7) is 4.99. The lowest BCUT2D eigenvalue weighted by Crippen LogP contribution is -2.53. The molecule has 2 saturated heterocycles. The number of piperidine rings is 1. The second-order valence-corrected chi connectivity index (χ2v) is 9.07. The summed E-state index contributed by atoms with van der Waals surface area (Å²) >= 11 is 0. The molecule has 0 spiro atoms. The zero-order chi connectivity index (χ0) is 23.4. The Morgan fingerprint density at radius 2 is 1.75 bits per heavy atom. The van der Waals surface area contributed by atoms with Gasteiger partial charge in [0.2, 0.25) is 23.6 Å². The highest BCUT2D eigenvalue weighted by atomic mass is 19.1. The lowest BCUT2D eigenvalue weighted by molar-refractivity contribution is -0.140. The number of carbonyl (C=O) groups is 4. The first-order chi connectivity index (χ1) is 15.2. The fourth-order valence-electron chi connectivity index (χ4n) is 4.34. The molecule has 32 heavy (non-hydrogen) atoms. The molecule has 3 rings (SSSR count). The summed E-state index contributed by atoms with van der Waals surface area (Å²) in [6, 6.07) is 4.87. The highest BCUT2D eigenvalue weighted by Gasteiger charge is 2.38. The van der Waals surface area contributed by atoms with Gasteiger partial charge >= 0.3 is 0 Å². The van der Waals surface area contributed by atoms with Crippen LogP contribution in [-0.4, -0.2) is 54.2 Å². The number of nitrogens with zero attached hydrogens (tertiary/aromatic N) is 2. The van der Waals surface area contributed by atoms with Gasteiger partial charge in [-0.3, -0.25) is 19.2 Å². The lowest BCUT2D eigenvalue weighted by Gasteiger charge is -2.34. The molecule has 0 aliphatic carbocycles.